The summed E-state index contributed by atoms with van der Waals surface area (Å²) in [4.78, 5) is 36.4. The van der Waals surface area contributed by atoms with Crippen LogP contribution in [0.5, 0.6) is 0 Å². The molecule has 2 atom stereocenters. The van der Waals surface area contributed by atoms with Crippen LogP contribution in [0.1, 0.15) is 57.6 Å². The van der Waals surface area contributed by atoms with Gasteiger partial charge in [-0.05, 0) is 34.1 Å². The maximum atomic E-state index is 12.7. The maximum absolute atomic E-state index is 12.7. The molecular formula is C27H34N2O5. The van der Waals surface area contributed by atoms with E-state index in [2.05, 4.69) is 34.9 Å². The van der Waals surface area contributed by atoms with E-state index in [9.17, 15) is 14.4 Å². The summed E-state index contributed by atoms with van der Waals surface area (Å²) < 4.78 is 5.63. The van der Waals surface area contributed by atoms with Crippen molar-refractivity contribution in [3.05, 3.63) is 59.7 Å². The number of benzene rings is 2. The van der Waals surface area contributed by atoms with Crippen LogP contribution in [0, 0.1) is 11.3 Å². The van der Waals surface area contributed by atoms with Gasteiger partial charge in [0.15, 0.2) is 0 Å². The summed E-state index contributed by atoms with van der Waals surface area (Å²) >= 11 is 0. The van der Waals surface area contributed by atoms with Crippen molar-refractivity contribution in [2.24, 2.45) is 11.3 Å². The van der Waals surface area contributed by atoms with Crippen LogP contribution in [0.15, 0.2) is 48.5 Å². The molecule has 3 rings (SSSR count). The van der Waals surface area contributed by atoms with Gasteiger partial charge in [0, 0.05) is 24.9 Å². The number of aliphatic carboxylic acids is 1. The SMILES string of the molecule is CCC(CNC(=O)CC(NC(=O)OCC1c2ccccc2-c2ccccc21)C(C)(C)C)C(=O)O. The molecule has 0 saturated heterocycles. The predicted octanol–water partition coefficient (Wildman–Crippen LogP) is 4.56. The van der Waals surface area contributed by atoms with Crippen molar-refractivity contribution < 1.29 is 24.2 Å². The van der Waals surface area contributed by atoms with Crippen LogP contribution in [0.2, 0.25) is 0 Å². The van der Waals surface area contributed by atoms with E-state index in [0.717, 1.165) is 22.3 Å². The van der Waals surface area contributed by atoms with Crippen molar-refractivity contribution in [1.82, 2.24) is 10.6 Å². The van der Waals surface area contributed by atoms with Gasteiger partial charge in [-0.25, -0.2) is 4.79 Å². The molecule has 7 heteroatoms. The van der Waals surface area contributed by atoms with Gasteiger partial charge in [-0.3, -0.25) is 9.59 Å². The lowest BCUT2D eigenvalue weighted by atomic mass is 9.84. The molecule has 0 saturated carbocycles. The molecule has 2 aromatic carbocycles. The first kappa shape index (κ1) is 25.3. The zero-order valence-corrected chi connectivity index (χ0v) is 20.3. The van der Waals surface area contributed by atoms with Gasteiger partial charge in [0.25, 0.3) is 0 Å². The second-order valence-electron chi connectivity index (χ2n) is 9.84. The number of rotatable bonds is 9. The topological polar surface area (TPSA) is 105 Å². The summed E-state index contributed by atoms with van der Waals surface area (Å²) in [5.74, 6) is -1.92. The number of ether oxygens (including phenoxy) is 1. The number of hydrogen-bond donors (Lipinski definition) is 3. The number of carbonyl (C=O) groups excluding carboxylic acids is 2. The molecule has 182 valence electrons. The number of hydrogen-bond acceptors (Lipinski definition) is 4. The molecule has 0 spiro atoms. The van der Waals surface area contributed by atoms with Gasteiger partial charge in [-0.15, -0.1) is 0 Å². The van der Waals surface area contributed by atoms with Crippen LogP contribution in [0.3, 0.4) is 0 Å². The molecule has 2 aromatic rings. The molecule has 2 amide bonds. The highest BCUT2D eigenvalue weighted by atomic mass is 16.5. The first-order chi connectivity index (χ1) is 16.1. The summed E-state index contributed by atoms with van der Waals surface area (Å²) in [5, 5.41) is 14.7. The van der Waals surface area contributed by atoms with Crippen LogP contribution in [0.25, 0.3) is 11.1 Å². The highest BCUT2D eigenvalue weighted by molar-refractivity contribution is 5.80. The predicted molar refractivity (Wildman–Crippen MR) is 130 cm³/mol. The summed E-state index contributed by atoms with van der Waals surface area (Å²) in [6.07, 6.45) is -0.119. The molecule has 0 heterocycles. The average Bonchev–Trinajstić information content (AvgIpc) is 3.10. The number of alkyl carbamates (subject to hydrolysis) is 1. The van der Waals surface area contributed by atoms with Crippen molar-refractivity contribution in [2.75, 3.05) is 13.2 Å². The highest BCUT2D eigenvalue weighted by Crippen LogP contribution is 2.44. The Morgan fingerprint density at radius 1 is 1.00 bits per heavy atom. The molecule has 0 aliphatic heterocycles. The largest absolute Gasteiger partial charge is 0.481 e. The van der Waals surface area contributed by atoms with E-state index in [1.54, 1.807) is 6.92 Å². The lowest BCUT2D eigenvalue weighted by Crippen LogP contribution is -2.47. The Morgan fingerprint density at radius 3 is 2.06 bits per heavy atom. The van der Waals surface area contributed by atoms with E-state index in [1.807, 2.05) is 45.0 Å². The maximum Gasteiger partial charge on any atom is 0.407 e. The summed E-state index contributed by atoms with van der Waals surface area (Å²) in [6.45, 7) is 7.82. The van der Waals surface area contributed by atoms with Crippen LogP contribution in [-0.4, -0.2) is 42.3 Å². The van der Waals surface area contributed by atoms with Gasteiger partial charge in [0.05, 0.1) is 5.92 Å². The first-order valence-corrected chi connectivity index (χ1v) is 11.7. The third-order valence-electron chi connectivity index (χ3n) is 6.46. The van der Waals surface area contributed by atoms with Crippen molar-refractivity contribution in [3.63, 3.8) is 0 Å². The standard InChI is InChI=1S/C27H34N2O5/c1-5-17(25(31)32)15-28-24(30)14-23(27(2,3)4)29-26(33)34-16-22-20-12-8-6-10-18(20)19-11-7-9-13-21(19)22/h6-13,17,22-23H,5,14-16H2,1-4H3,(H,28,30)(H,29,33)(H,31,32). The van der Waals surface area contributed by atoms with E-state index in [-0.39, 0.29) is 31.4 Å². The van der Waals surface area contributed by atoms with Gasteiger partial charge in [0.2, 0.25) is 5.91 Å². The molecule has 7 nitrogen and oxygen atoms in total. The average molecular weight is 467 g/mol. The van der Waals surface area contributed by atoms with E-state index < -0.39 is 29.4 Å². The van der Waals surface area contributed by atoms with Crippen molar-refractivity contribution in [3.8, 4) is 11.1 Å². The Morgan fingerprint density at radius 2 is 1.56 bits per heavy atom. The minimum Gasteiger partial charge on any atom is -0.481 e. The van der Waals surface area contributed by atoms with Crippen molar-refractivity contribution in [2.45, 2.75) is 52.5 Å². The fraction of sp³-hybridized carbons (Fsp3) is 0.444. The monoisotopic (exact) mass is 466 g/mol. The minimum absolute atomic E-state index is 0.0315. The molecule has 0 fully saturated rings. The van der Waals surface area contributed by atoms with Gasteiger partial charge in [-0.2, -0.15) is 0 Å². The van der Waals surface area contributed by atoms with Gasteiger partial charge in [0.1, 0.15) is 6.61 Å². The van der Waals surface area contributed by atoms with E-state index in [0.29, 0.717) is 6.42 Å². The van der Waals surface area contributed by atoms with E-state index in [4.69, 9.17) is 9.84 Å². The minimum atomic E-state index is -0.938. The number of nitrogens with one attached hydrogen (secondary N) is 2. The molecular weight excluding hydrogens is 432 g/mol. The first-order valence-electron chi connectivity index (χ1n) is 11.7. The number of fused-ring (bicyclic) bond motifs is 3. The van der Waals surface area contributed by atoms with Crippen LogP contribution in [-0.2, 0) is 14.3 Å². The summed E-state index contributed by atoms with van der Waals surface area (Å²) in [6, 6.07) is 15.8. The lowest BCUT2D eigenvalue weighted by Gasteiger charge is -2.31. The van der Waals surface area contributed by atoms with Crippen LogP contribution in [0.4, 0.5) is 4.79 Å². The van der Waals surface area contributed by atoms with E-state index >= 15 is 0 Å². The van der Waals surface area contributed by atoms with Crippen molar-refractivity contribution in [1.29, 1.82) is 0 Å². The molecule has 1 aliphatic carbocycles. The second kappa shape index (κ2) is 10.7. The third-order valence-corrected chi connectivity index (χ3v) is 6.46. The number of carboxylic acids is 1. The lowest BCUT2D eigenvalue weighted by molar-refractivity contribution is -0.141. The molecule has 34 heavy (non-hydrogen) atoms. The van der Waals surface area contributed by atoms with Crippen molar-refractivity contribution >= 4 is 18.0 Å². The molecule has 0 aromatic heterocycles. The van der Waals surface area contributed by atoms with Crippen LogP contribution < -0.4 is 10.6 Å². The third kappa shape index (κ3) is 5.95. The zero-order valence-electron chi connectivity index (χ0n) is 20.3. The molecule has 0 radical (unpaired) electrons. The van der Waals surface area contributed by atoms with Gasteiger partial charge < -0.3 is 20.5 Å². The van der Waals surface area contributed by atoms with Gasteiger partial charge >= 0.3 is 12.1 Å². The summed E-state index contributed by atoms with van der Waals surface area (Å²) in [5.41, 5.74) is 4.17. The Hall–Kier alpha value is -3.35. The molecule has 3 N–H and O–H groups in total. The zero-order chi connectivity index (χ0) is 24.9. The fourth-order valence-corrected chi connectivity index (χ4v) is 4.26. The summed E-state index contributed by atoms with van der Waals surface area (Å²) in [7, 11) is 0. The van der Waals surface area contributed by atoms with Crippen LogP contribution >= 0.6 is 0 Å². The van der Waals surface area contributed by atoms with Gasteiger partial charge in [-0.1, -0.05) is 76.2 Å². The number of amides is 2. The highest BCUT2D eigenvalue weighted by Gasteiger charge is 2.32. The number of carbonyl (C=O) groups is 3. The Bertz CT molecular complexity index is 998. The Balaban J connectivity index is 1.61. The molecule has 1 aliphatic rings. The smallest absolute Gasteiger partial charge is 0.407 e. The second-order valence-corrected chi connectivity index (χ2v) is 9.84. The van der Waals surface area contributed by atoms with E-state index in [1.165, 1.54) is 0 Å². The fourth-order valence-electron chi connectivity index (χ4n) is 4.26. The Kier molecular flexibility index (Phi) is 7.97. The normalized spacial score (nSPS) is 14.5. The Labute approximate surface area is 200 Å². The number of carboxylic acid groups (broad SMARTS) is 1. The molecule has 0 bridgehead atoms. The quantitative estimate of drug-likeness (QED) is 0.503. The molecule has 2 unspecified atom stereocenters.